The van der Waals surface area contributed by atoms with Gasteiger partial charge in [0.25, 0.3) is 5.91 Å². The van der Waals surface area contributed by atoms with Crippen LogP contribution in [0.4, 0.5) is 0 Å². The number of nitrogens with zero attached hydrogens (tertiary/aromatic N) is 6. The number of carbonyl (C=O) groups excluding carboxylic acids is 1. The van der Waals surface area contributed by atoms with Gasteiger partial charge in [-0.05, 0) is 6.92 Å². The molecular formula is C15H24N8O. The van der Waals surface area contributed by atoms with Crippen LogP contribution < -0.4 is 10.6 Å². The molecular weight excluding hydrogens is 308 g/mol. The third-order valence-electron chi connectivity index (χ3n) is 4.09. The number of piperazine rings is 1. The van der Waals surface area contributed by atoms with Crippen molar-refractivity contribution in [1.29, 1.82) is 0 Å². The lowest BCUT2D eigenvalue weighted by molar-refractivity contribution is 0.0946. The molecule has 9 heteroatoms. The molecule has 0 atom stereocenters. The molecule has 1 amide bonds. The highest BCUT2D eigenvalue weighted by molar-refractivity contribution is 5.91. The third-order valence-corrected chi connectivity index (χ3v) is 4.09. The van der Waals surface area contributed by atoms with Gasteiger partial charge < -0.3 is 10.6 Å². The highest BCUT2D eigenvalue weighted by Gasteiger charge is 2.13. The summed E-state index contributed by atoms with van der Waals surface area (Å²) >= 11 is 0. The van der Waals surface area contributed by atoms with Gasteiger partial charge in [0.05, 0.1) is 18.9 Å². The van der Waals surface area contributed by atoms with Gasteiger partial charge in [0, 0.05) is 57.6 Å². The van der Waals surface area contributed by atoms with Gasteiger partial charge in [0.2, 0.25) is 0 Å². The Labute approximate surface area is 141 Å². The summed E-state index contributed by atoms with van der Waals surface area (Å²) < 4.78 is 3.56. The van der Waals surface area contributed by atoms with Crippen molar-refractivity contribution in [3.05, 3.63) is 29.8 Å². The normalized spacial score (nSPS) is 15.5. The second-order valence-corrected chi connectivity index (χ2v) is 5.85. The number of carbonyl (C=O) groups is 1. The lowest BCUT2D eigenvalue weighted by Gasteiger charge is -2.26. The van der Waals surface area contributed by atoms with Crippen LogP contribution in [0, 0.1) is 0 Å². The van der Waals surface area contributed by atoms with E-state index in [0.29, 0.717) is 12.2 Å². The monoisotopic (exact) mass is 332 g/mol. The molecule has 130 valence electrons. The van der Waals surface area contributed by atoms with Crippen LogP contribution in [-0.4, -0.2) is 68.3 Å². The minimum absolute atomic E-state index is 0.215. The fourth-order valence-corrected chi connectivity index (χ4v) is 2.63. The second kappa shape index (κ2) is 8.02. The number of aryl methyl sites for hydroxylation is 1. The number of nitrogens with one attached hydrogen (secondary N) is 2. The van der Waals surface area contributed by atoms with E-state index in [9.17, 15) is 4.79 Å². The SMILES string of the molecule is CCn1cc(CNC(=O)c2cn(CCN3CCNCC3)nn2)cn1. The van der Waals surface area contributed by atoms with Crippen molar-refractivity contribution >= 4 is 5.91 Å². The molecule has 2 aromatic heterocycles. The van der Waals surface area contributed by atoms with Crippen molar-refractivity contribution in [2.24, 2.45) is 0 Å². The van der Waals surface area contributed by atoms with Crippen LogP contribution in [0.15, 0.2) is 18.6 Å². The van der Waals surface area contributed by atoms with Crippen LogP contribution >= 0.6 is 0 Å². The van der Waals surface area contributed by atoms with Gasteiger partial charge in [-0.2, -0.15) is 5.10 Å². The molecule has 1 saturated heterocycles. The Hall–Kier alpha value is -2.26. The maximum atomic E-state index is 12.1. The highest BCUT2D eigenvalue weighted by atomic mass is 16.2. The summed E-state index contributed by atoms with van der Waals surface area (Å²) in [5.41, 5.74) is 1.31. The first kappa shape index (κ1) is 16.6. The van der Waals surface area contributed by atoms with E-state index in [4.69, 9.17) is 0 Å². The van der Waals surface area contributed by atoms with E-state index in [1.807, 2.05) is 17.8 Å². The number of amides is 1. The van der Waals surface area contributed by atoms with Crippen LogP contribution in [0.2, 0.25) is 0 Å². The summed E-state index contributed by atoms with van der Waals surface area (Å²) in [6.45, 7) is 9.09. The van der Waals surface area contributed by atoms with Crippen LogP contribution in [-0.2, 0) is 19.6 Å². The van der Waals surface area contributed by atoms with Crippen molar-refractivity contribution in [3.8, 4) is 0 Å². The van der Waals surface area contributed by atoms with E-state index >= 15 is 0 Å². The van der Waals surface area contributed by atoms with E-state index in [1.165, 1.54) is 0 Å². The van der Waals surface area contributed by atoms with E-state index in [-0.39, 0.29) is 5.91 Å². The van der Waals surface area contributed by atoms with E-state index in [2.05, 4.69) is 30.9 Å². The molecule has 0 saturated carbocycles. The summed E-state index contributed by atoms with van der Waals surface area (Å²) in [4.78, 5) is 14.5. The topological polar surface area (TPSA) is 92.9 Å². The first-order valence-corrected chi connectivity index (χ1v) is 8.37. The van der Waals surface area contributed by atoms with E-state index < -0.39 is 0 Å². The molecule has 9 nitrogen and oxygen atoms in total. The van der Waals surface area contributed by atoms with Crippen LogP contribution in [0.25, 0.3) is 0 Å². The third kappa shape index (κ3) is 4.39. The zero-order valence-corrected chi connectivity index (χ0v) is 14.0. The molecule has 1 fully saturated rings. The maximum Gasteiger partial charge on any atom is 0.273 e. The minimum atomic E-state index is -0.215. The predicted molar refractivity (Wildman–Crippen MR) is 88.4 cm³/mol. The smallest absolute Gasteiger partial charge is 0.273 e. The average Bonchev–Trinajstić information content (AvgIpc) is 3.28. The minimum Gasteiger partial charge on any atom is -0.346 e. The highest BCUT2D eigenvalue weighted by Crippen LogP contribution is 2.00. The van der Waals surface area contributed by atoms with Crippen molar-refractivity contribution in [3.63, 3.8) is 0 Å². The molecule has 24 heavy (non-hydrogen) atoms. The fraction of sp³-hybridized carbons (Fsp3) is 0.600. The quantitative estimate of drug-likeness (QED) is 0.699. The second-order valence-electron chi connectivity index (χ2n) is 5.85. The molecule has 0 aliphatic carbocycles. The Morgan fingerprint density at radius 3 is 2.83 bits per heavy atom. The van der Waals surface area contributed by atoms with Gasteiger partial charge in [-0.15, -0.1) is 5.10 Å². The maximum absolute atomic E-state index is 12.1. The Bertz CT molecular complexity index is 658. The standard InChI is InChI=1S/C15H24N8O/c1-2-22-11-13(10-18-22)9-17-15(24)14-12-23(20-19-14)8-7-21-5-3-16-4-6-21/h10-12,16H,2-9H2,1H3,(H,17,24). The summed E-state index contributed by atoms with van der Waals surface area (Å²) in [6.07, 6.45) is 5.38. The van der Waals surface area contributed by atoms with Crippen molar-refractivity contribution in [1.82, 2.24) is 40.3 Å². The molecule has 3 heterocycles. The molecule has 3 rings (SSSR count). The van der Waals surface area contributed by atoms with Gasteiger partial charge >= 0.3 is 0 Å². The number of aromatic nitrogens is 5. The first-order valence-electron chi connectivity index (χ1n) is 8.37. The fourth-order valence-electron chi connectivity index (χ4n) is 2.63. The molecule has 2 aromatic rings. The zero-order chi connectivity index (χ0) is 16.8. The summed E-state index contributed by atoms with van der Waals surface area (Å²) in [5, 5.41) is 18.4. The lowest BCUT2D eigenvalue weighted by atomic mass is 10.3. The molecule has 2 N–H and O–H groups in total. The summed E-state index contributed by atoms with van der Waals surface area (Å²) in [5.74, 6) is -0.215. The van der Waals surface area contributed by atoms with Gasteiger partial charge in [0.15, 0.2) is 5.69 Å². The largest absolute Gasteiger partial charge is 0.346 e. The van der Waals surface area contributed by atoms with E-state index in [0.717, 1.165) is 51.4 Å². The Kier molecular flexibility index (Phi) is 5.55. The summed E-state index contributed by atoms with van der Waals surface area (Å²) in [7, 11) is 0. The average molecular weight is 332 g/mol. The van der Waals surface area contributed by atoms with Crippen molar-refractivity contribution in [2.45, 2.75) is 26.6 Å². The molecule has 0 unspecified atom stereocenters. The number of hydrogen-bond donors (Lipinski definition) is 2. The van der Waals surface area contributed by atoms with Gasteiger partial charge in [-0.1, -0.05) is 5.21 Å². The molecule has 1 aliphatic heterocycles. The predicted octanol–water partition coefficient (Wildman–Crippen LogP) is -0.670. The Morgan fingerprint density at radius 2 is 2.08 bits per heavy atom. The van der Waals surface area contributed by atoms with E-state index in [1.54, 1.807) is 17.1 Å². The molecule has 0 spiro atoms. The number of hydrogen-bond acceptors (Lipinski definition) is 6. The summed E-state index contributed by atoms with van der Waals surface area (Å²) in [6, 6.07) is 0. The van der Waals surface area contributed by atoms with Gasteiger partial charge in [-0.25, -0.2) is 0 Å². The lowest BCUT2D eigenvalue weighted by Crippen LogP contribution is -2.44. The van der Waals surface area contributed by atoms with Gasteiger partial charge in [-0.3, -0.25) is 19.1 Å². The van der Waals surface area contributed by atoms with Crippen LogP contribution in [0.1, 0.15) is 23.0 Å². The molecule has 0 aromatic carbocycles. The first-order chi connectivity index (χ1) is 11.7. The Morgan fingerprint density at radius 1 is 1.25 bits per heavy atom. The molecule has 0 bridgehead atoms. The van der Waals surface area contributed by atoms with Crippen LogP contribution in [0.3, 0.4) is 0 Å². The Balaban J connectivity index is 1.46. The molecule has 0 radical (unpaired) electrons. The van der Waals surface area contributed by atoms with Crippen LogP contribution in [0.5, 0.6) is 0 Å². The zero-order valence-electron chi connectivity index (χ0n) is 14.0. The van der Waals surface area contributed by atoms with Crippen molar-refractivity contribution in [2.75, 3.05) is 32.7 Å². The number of rotatable bonds is 7. The molecule has 1 aliphatic rings. The van der Waals surface area contributed by atoms with Gasteiger partial charge in [0.1, 0.15) is 0 Å². The van der Waals surface area contributed by atoms with Crippen molar-refractivity contribution < 1.29 is 4.79 Å².